The molecule has 0 bridgehead atoms. The number of ketones is 1. The Morgan fingerprint density at radius 3 is 2.38 bits per heavy atom. The van der Waals surface area contributed by atoms with Crippen LogP contribution in [-0.4, -0.2) is 15.3 Å². The van der Waals surface area contributed by atoms with Crippen LogP contribution in [0.2, 0.25) is 0 Å². The summed E-state index contributed by atoms with van der Waals surface area (Å²) in [6, 6.07) is 2.98. The zero-order chi connectivity index (χ0) is 15.6. The summed E-state index contributed by atoms with van der Waals surface area (Å²) in [5.74, 6) is -1.94. The highest BCUT2D eigenvalue weighted by Crippen LogP contribution is 2.08. The SMILES string of the molecule is CC(=O)c1c[nH]c(=O)n(CCc2cc(F)cc(F)c2)c1=O. The molecule has 1 aromatic heterocycles. The second-order valence-corrected chi connectivity index (χ2v) is 4.55. The molecule has 21 heavy (non-hydrogen) atoms. The minimum Gasteiger partial charge on any atom is -0.313 e. The largest absolute Gasteiger partial charge is 0.328 e. The van der Waals surface area contributed by atoms with Gasteiger partial charge in [-0.05, 0) is 31.0 Å². The lowest BCUT2D eigenvalue weighted by Crippen LogP contribution is -2.38. The van der Waals surface area contributed by atoms with Gasteiger partial charge in [-0.1, -0.05) is 0 Å². The first-order valence-corrected chi connectivity index (χ1v) is 6.17. The van der Waals surface area contributed by atoms with Gasteiger partial charge in [0.15, 0.2) is 5.78 Å². The zero-order valence-corrected chi connectivity index (χ0v) is 11.2. The summed E-state index contributed by atoms with van der Waals surface area (Å²) >= 11 is 0. The molecule has 5 nitrogen and oxygen atoms in total. The number of carbonyl (C=O) groups excluding carboxylic acids is 1. The molecule has 0 amide bonds. The smallest absolute Gasteiger partial charge is 0.313 e. The molecule has 0 atom stereocenters. The number of aryl methyl sites for hydroxylation is 1. The van der Waals surface area contributed by atoms with Gasteiger partial charge in [0.05, 0.1) is 5.56 Å². The summed E-state index contributed by atoms with van der Waals surface area (Å²) in [7, 11) is 0. The minimum absolute atomic E-state index is 0.0824. The number of aromatic amines is 1. The lowest BCUT2D eigenvalue weighted by atomic mass is 10.1. The van der Waals surface area contributed by atoms with E-state index in [4.69, 9.17) is 0 Å². The Morgan fingerprint density at radius 1 is 1.19 bits per heavy atom. The van der Waals surface area contributed by atoms with Crippen LogP contribution in [0.15, 0.2) is 34.0 Å². The highest BCUT2D eigenvalue weighted by molar-refractivity contribution is 5.93. The van der Waals surface area contributed by atoms with Gasteiger partial charge >= 0.3 is 5.69 Å². The third-order valence-electron chi connectivity index (χ3n) is 2.99. The number of carbonyl (C=O) groups is 1. The molecule has 1 N–H and O–H groups in total. The molecule has 0 saturated carbocycles. The van der Waals surface area contributed by atoms with Crippen LogP contribution in [0.4, 0.5) is 8.78 Å². The van der Waals surface area contributed by atoms with Crippen molar-refractivity contribution in [1.82, 2.24) is 9.55 Å². The van der Waals surface area contributed by atoms with Crippen molar-refractivity contribution >= 4 is 5.78 Å². The summed E-state index contributed by atoms with van der Waals surface area (Å²) in [6.45, 7) is 1.12. The molecule has 0 radical (unpaired) electrons. The number of rotatable bonds is 4. The predicted molar refractivity (Wildman–Crippen MR) is 71.4 cm³/mol. The van der Waals surface area contributed by atoms with Crippen molar-refractivity contribution in [1.29, 1.82) is 0 Å². The average Bonchev–Trinajstić information content (AvgIpc) is 2.36. The van der Waals surface area contributed by atoms with Crippen LogP contribution in [-0.2, 0) is 13.0 Å². The van der Waals surface area contributed by atoms with Crippen molar-refractivity contribution in [3.63, 3.8) is 0 Å². The molecule has 0 aliphatic heterocycles. The normalized spacial score (nSPS) is 10.6. The Kier molecular flexibility index (Phi) is 4.11. The second kappa shape index (κ2) is 5.82. The van der Waals surface area contributed by atoms with Crippen LogP contribution in [0.5, 0.6) is 0 Å². The molecule has 0 spiro atoms. The molecule has 0 saturated heterocycles. The summed E-state index contributed by atoms with van der Waals surface area (Å²) in [4.78, 5) is 37.1. The average molecular weight is 294 g/mol. The first-order valence-electron chi connectivity index (χ1n) is 6.17. The van der Waals surface area contributed by atoms with Crippen LogP contribution >= 0.6 is 0 Å². The molecule has 2 aromatic rings. The van der Waals surface area contributed by atoms with Crippen molar-refractivity contribution in [3.8, 4) is 0 Å². The molecular weight excluding hydrogens is 282 g/mol. The molecule has 2 rings (SSSR count). The van der Waals surface area contributed by atoms with Crippen LogP contribution in [0.25, 0.3) is 0 Å². The third-order valence-corrected chi connectivity index (χ3v) is 2.99. The maximum Gasteiger partial charge on any atom is 0.328 e. The number of hydrogen-bond donors (Lipinski definition) is 1. The molecule has 0 aliphatic carbocycles. The molecule has 1 aromatic carbocycles. The Bertz CT molecular complexity index is 788. The summed E-state index contributed by atoms with van der Waals surface area (Å²) < 4.78 is 27.0. The number of halogens is 2. The molecule has 0 unspecified atom stereocenters. The van der Waals surface area contributed by atoms with Crippen LogP contribution in [0.1, 0.15) is 22.8 Å². The van der Waals surface area contributed by atoms with Crippen LogP contribution in [0.3, 0.4) is 0 Å². The van der Waals surface area contributed by atoms with E-state index in [2.05, 4.69) is 4.98 Å². The molecular formula is C14H12F2N2O3. The number of nitrogens with one attached hydrogen (secondary N) is 1. The number of nitrogens with zero attached hydrogens (tertiary/aromatic N) is 1. The fourth-order valence-corrected chi connectivity index (χ4v) is 1.96. The van der Waals surface area contributed by atoms with Gasteiger partial charge in [0.2, 0.25) is 0 Å². The van der Waals surface area contributed by atoms with Gasteiger partial charge in [-0.15, -0.1) is 0 Å². The van der Waals surface area contributed by atoms with E-state index in [1.165, 1.54) is 6.92 Å². The van der Waals surface area contributed by atoms with E-state index >= 15 is 0 Å². The predicted octanol–water partition coefficient (Wildman–Crippen LogP) is 1.26. The van der Waals surface area contributed by atoms with Crippen molar-refractivity contribution in [2.45, 2.75) is 19.9 Å². The summed E-state index contributed by atoms with van der Waals surface area (Å²) in [5, 5.41) is 0. The van der Waals surface area contributed by atoms with Gasteiger partial charge < -0.3 is 4.98 Å². The molecule has 0 fully saturated rings. The van der Waals surface area contributed by atoms with E-state index in [1.807, 2.05) is 0 Å². The number of hydrogen-bond acceptors (Lipinski definition) is 3. The van der Waals surface area contributed by atoms with E-state index in [0.29, 0.717) is 5.56 Å². The Morgan fingerprint density at radius 2 is 1.81 bits per heavy atom. The molecule has 7 heteroatoms. The number of aromatic nitrogens is 2. The van der Waals surface area contributed by atoms with E-state index in [0.717, 1.165) is 29.0 Å². The fraction of sp³-hybridized carbons (Fsp3) is 0.214. The van der Waals surface area contributed by atoms with Gasteiger partial charge in [-0.25, -0.2) is 13.6 Å². The van der Waals surface area contributed by atoms with Gasteiger partial charge in [-0.2, -0.15) is 0 Å². The standard InChI is InChI=1S/C14H12F2N2O3/c1-8(19)12-7-17-14(21)18(13(12)20)3-2-9-4-10(15)6-11(16)5-9/h4-7H,2-3H2,1H3,(H,17,21). The van der Waals surface area contributed by atoms with Gasteiger partial charge in [0, 0.05) is 18.8 Å². The number of H-pyrrole nitrogens is 1. The molecule has 1 heterocycles. The van der Waals surface area contributed by atoms with Crippen molar-refractivity contribution in [3.05, 3.63) is 68.0 Å². The van der Waals surface area contributed by atoms with Crippen molar-refractivity contribution < 1.29 is 13.6 Å². The monoisotopic (exact) mass is 294 g/mol. The van der Waals surface area contributed by atoms with E-state index < -0.39 is 28.7 Å². The van der Waals surface area contributed by atoms with Crippen molar-refractivity contribution in [2.24, 2.45) is 0 Å². The topological polar surface area (TPSA) is 71.9 Å². The molecule has 0 aliphatic rings. The van der Waals surface area contributed by atoms with E-state index in [9.17, 15) is 23.2 Å². The number of Topliss-reactive ketones (excluding diaryl/α,β-unsaturated/α-hetero) is 1. The lowest BCUT2D eigenvalue weighted by Gasteiger charge is -2.06. The third kappa shape index (κ3) is 3.31. The van der Waals surface area contributed by atoms with Crippen LogP contribution in [0, 0.1) is 11.6 Å². The number of benzene rings is 1. The highest BCUT2D eigenvalue weighted by atomic mass is 19.1. The first kappa shape index (κ1) is 14.8. The molecule has 110 valence electrons. The Balaban J connectivity index is 2.32. The van der Waals surface area contributed by atoms with Crippen LogP contribution < -0.4 is 11.2 Å². The lowest BCUT2D eigenvalue weighted by molar-refractivity contribution is 0.101. The summed E-state index contributed by atoms with van der Waals surface area (Å²) in [5.41, 5.74) is -1.22. The van der Waals surface area contributed by atoms with E-state index in [1.54, 1.807) is 0 Å². The maximum atomic E-state index is 13.1. The van der Waals surface area contributed by atoms with Gasteiger partial charge in [0.25, 0.3) is 5.56 Å². The second-order valence-electron chi connectivity index (χ2n) is 4.55. The minimum atomic E-state index is -0.733. The van der Waals surface area contributed by atoms with Gasteiger partial charge in [0.1, 0.15) is 11.6 Å². The fourth-order valence-electron chi connectivity index (χ4n) is 1.96. The maximum absolute atomic E-state index is 13.1. The quantitative estimate of drug-likeness (QED) is 0.863. The van der Waals surface area contributed by atoms with Gasteiger partial charge in [-0.3, -0.25) is 14.2 Å². The zero-order valence-electron chi connectivity index (χ0n) is 11.2. The summed E-state index contributed by atoms with van der Waals surface area (Å²) in [6.07, 6.45) is 1.14. The van der Waals surface area contributed by atoms with E-state index in [-0.39, 0.29) is 18.5 Å². The van der Waals surface area contributed by atoms with Crippen molar-refractivity contribution in [2.75, 3.05) is 0 Å². The highest BCUT2D eigenvalue weighted by Gasteiger charge is 2.11. The Hall–Kier alpha value is -2.57. The Labute approximate surface area is 117 Å². The first-order chi connectivity index (χ1) is 9.88.